The summed E-state index contributed by atoms with van der Waals surface area (Å²) in [5, 5.41) is -0.596. The van der Waals surface area contributed by atoms with Gasteiger partial charge in [0.1, 0.15) is 0 Å². The van der Waals surface area contributed by atoms with Crippen molar-refractivity contribution < 1.29 is 38.1 Å². The van der Waals surface area contributed by atoms with Gasteiger partial charge in [0.05, 0.1) is 11.8 Å². The van der Waals surface area contributed by atoms with Crippen LogP contribution in [0.4, 0.5) is 4.79 Å². The summed E-state index contributed by atoms with van der Waals surface area (Å²) in [6, 6.07) is 0. The predicted octanol–water partition coefficient (Wildman–Crippen LogP) is 3.27. The summed E-state index contributed by atoms with van der Waals surface area (Å²) in [5.41, 5.74) is 0. The molecule has 0 N–H and O–H groups in total. The van der Waals surface area contributed by atoms with Crippen molar-refractivity contribution in [1.82, 2.24) is 0 Å². The summed E-state index contributed by atoms with van der Waals surface area (Å²) in [5.74, 6) is -1.71. The second-order valence-corrected chi connectivity index (χ2v) is 7.16. The number of ether oxygens (including phenoxy) is 4. The van der Waals surface area contributed by atoms with Crippen LogP contribution in [-0.4, -0.2) is 41.5 Å². The molecule has 0 amide bonds. The minimum absolute atomic E-state index is 0.0712. The van der Waals surface area contributed by atoms with Crippen LogP contribution < -0.4 is 0 Å². The van der Waals surface area contributed by atoms with Gasteiger partial charge in [-0.05, 0) is 18.2 Å². The zero-order chi connectivity index (χ0) is 20.3. The molecule has 0 aliphatic rings. The molecule has 0 rings (SSSR count). The lowest BCUT2D eigenvalue weighted by Gasteiger charge is -2.15. The highest BCUT2D eigenvalue weighted by Crippen LogP contribution is 2.13. The SMILES string of the molecule is CC(C)C(=O)O[C@H](C)OC(=O)CCCSC(=O)O[C@@H](C)OC(=O)C(C)C. The van der Waals surface area contributed by atoms with Crippen molar-refractivity contribution in [1.29, 1.82) is 0 Å². The molecule has 150 valence electrons. The smallest absolute Gasteiger partial charge is 0.370 e. The molecule has 0 aromatic carbocycles. The second-order valence-electron chi connectivity index (χ2n) is 6.13. The van der Waals surface area contributed by atoms with E-state index in [1.807, 2.05) is 0 Å². The summed E-state index contributed by atoms with van der Waals surface area (Å²) in [7, 11) is 0. The Balaban J connectivity index is 3.90. The first-order chi connectivity index (χ1) is 12.0. The van der Waals surface area contributed by atoms with Gasteiger partial charge in [0, 0.05) is 26.0 Å². The molecular weight excluding hydrogens is 364 g/mol. The topological polar surface area (TPSA) is 105 Å². The Morgan fingerprint density at radius 1 is 0.731 bits per heavy atom. The monoisotopic (exact) mass is 392 g/mol. The van der Waals surface area contributed by atoms with Crippen molar-refractivity contribution in [3.63, 3.8) is 0 Å². The summed E-state index contributed by atoms with van der Waals surface area (Å²) < 4.78 is 19.7. The van der Waals surface area contributed by atoms with E-state index in [0.717, 1.165) is 11.8 Å². The molecule has 0 saturated carbocycles. The lowest BCUT2D eigenvalue weighted by molar-refractivity contribution is -0.186. The molecular formula is C17H28O8S. The third-order valence-electron chi connectivity index (χ3n) is 2.81. The normalized spacial score (nSPS) is 13.1. The average Bonchev–Trinajstić information content (AvgIpc) is 2.50. The van der Waals surface area contributed by atoms with Crippen LogP contribution in [0.3, 0.4) is 0 Å². The van der Waals surface area contributed by atoms with Crippen LogP contribution in [-0.2, 0) is 33.3 Å². The summed E-state index contributed by atoms with van der Waals surface area (Å²) in [6.45, 7) is 9.63. The van der Waals surface area contributed by atoms with E-state index in [4.69, 9.17) is 18.9 Å². The molecule has 0 unspecified atom stereocenters. The van der Waals surface area contributed by atoms with Gasteiger partial charge in [-0.15, -0.1) is 0 Å². The second kappa shape index (κ2) is 12.6. The molecule has 0 radical (unpaired) electrons. The maximum atomic E-state index is 11.6. The van der Waals surface area contributed by atoms with Gasteiger partial charge in [-0.3, -0.25) is 14.4 Å². The number of thioether (sulfide) groups is 1. The van der Waals surface area contributed by atoms with Gasteiger partial charge in [0.25, 0.3) is 0 Å². The number of hydrogen-bond acceptors (Lipinski definition) is 9. The van der Waals surface area contributed by atoms with E-state index in [1.54, 1.807) is 27.7 Å². The molecule has 0 aliphatic heterocycles. The lowest BCUT2D eigenvalue weighted by atomic mass is 10.2. The summed E-state index contributed by atoms with van der Waals surface area (Å²) >= 11 is 0.870. The maximum absolute atomic E-state index is 11.6. The Morgan fingerprint density at radius 3 is 1.65 bits per heavy atom. The van der Waals surface area contributed by atoms with E-state index >= 15 is 0 Å². The standard InChI is InChI=1S/C17H28O8S/c1-10(2)15(19)23-12(5)22-14(18)8-7-9-26-17(21)25-13(6)24-16(20)11(3)4/h10-13H,7-9H2,1-6H3/t12-,13+/m1/s1. The van der Waals surface area contributed by atoms with Crippen molar-refractivity contribution in [3.05, 3.63) is 0 Å². The molecule has 2 atom stereocenters. The van der Waals surface area contributed by atoms with Gasteiger partial charge in [-0.2, -0.15) is 0 Å². The van der Waals surface area contributed by atoms with E-state index < -0.39 is 35.8 Å². The van der Waals surface area contributed by atoms with Crippen LogP contribution in [0.2, 0.25) is 0 Å². The molecule has 26 heavy (non-hydrogen) atoms. The largest absolute Gasteiger partial charge is 0.425 e. The van der Waals surface area contributed by atoms with Gasteiger partial charge in [0.15, 0.2) is 0 Å². The first kappa shape index (κ1) is 24.2. The predicted molar refractivity (Wildman–Crippen MR) is 95.0 cm³/mol. The van der Waals surface area contributed by atoms with Gasteiger partial charge in [-0.25, -0.2) is 4.79 Å². The quantitative estimate of drug-likeness (QED) is 0.314. The fraction of sp³-hybridized carbons (Fsp3) is 0.765. The maximum Gasteiger partial charge on any atom is 0.370 e. The Hall–Kier alpha value is -1.77. The van der Waals surface area contributed by atoms with Crippen LogP contribution >= 0.6 is 11.8 Å². The molecule has 0 aromatic heterocycles. The highest BCUT2D eigenvalue weighted by Gasteiger charge is 2.18. The first-order valence-electron chi connectivity index (χ1n) is 8.46. The minimum Gasteiger partial charge on any atom is -0.425 e. The van der Waals surface area contributed by atoms with Crippen molar-refractivity contribution in [3.8, 4) is 0 Å². The van der Waals surface area contributed by atoms with E-state index in [-0.39, 0.29) is 18.3 Å². The molecule has 0 aliphatic carbocycles. The molecule has 0 saturated heterocycles. The van der Waals surface area contributed by atoms with Crippen molar-refractivity contribution in [2.24, 2.45) is 11.8 Å². The Labute approximate surface area is 158 Å². The van der Waals surface area contributed by atoms with Gasteiger partial charge in [-0.1, -0.05) is 27.7 Å². The molecule has 0 fully saturated rings. The zero-order valence-corrected chi connectivity index (χ0v) is 16.9. The van der Waals surface area contributed by atoms with Crippen LogP contribution in [0.1, 0.15) is 54.4 Å². The molecule has 0 heterocycles. The summed E-state index contributed by atoms with van der Waals surface area (Å²) in [6.07, 6.45) is -1.47. The number of esters is 3. The Morgan fingerprint density at radius 2 is 1.19 bits per heavy atom. The number of rotatable bonds is 10. The highest BCUT2D eigenvalue weighted by molar-refractivity contribution is 8.13. The van der Waals surface area contributed by atoms with E-state index in [1.165, 1.54) is 13.8 Å². The van der Waals surface area contributed by atoms with Crippen LogP contribution in [0.15, 0.2) is 0 Å². The van der Waals surface area contributed by atoms with Crippen molar-refractivity contribution in [2.45, 2.75) is 67.0 Å². The number of carbonyl (C=O) groups excluding carboxylic acids is 4. The third kappa shape index (κ3) is 11.7. The molecule has 0 spiro atoms. The Kier molecular flexibility index (Phi) is 11.7. The fourth-order valence-corrected chi connectivity index (χ4v) is 2.09. The highest BCUT2D eigenvalue weighted by atomic mass is 32.2. The summed E-state index contributed by atoms with van der Waals surface area (Å²) in [4.78, 5) is 45.9. The van der Waals surface area contributed by atoms with Crippen molar-refractivity contribution in [2.75, 3.05) is 5.75 Å². The first-order valence-corrected chi connectivity index (χ1v) is 9.45. The number of hydrogen-bond donors (Lipinski definition) is 0. The van der Waals surface area contributed by atoms with E-state index in [2.05, 4.69) is 0 Å². The molecule has 0 aromatic rings. The van der Waals surface area contributed by atoms with E-state index in [9.17, 15) is 19.2 Å². The van der Waals surface area contributed by atoms with Crippen molar-refractivity contribution >= 4 is 35.0 Å². The average molecular weight is 392 g/mol. The van der Waals surface area contributed by atoms with Gasteiger partial charge < -0.3 is 18.9 Å². The van der Waals surface area contributed by atoms with E-state index in [0.29, 0.717) is 12.2 Å². The van der Waals surface area contributed by atoms with Gasteiger partial charge in [0.2, 0.25) is 12.6 Å². The Bertz CT molecular complexity index is 445. The third-order valence-corrected chi connectivity index (χ3v) is 3.64. The van der Waals surface area contributed by atoms with Crippen LogP contribution in [0.5, 0.6) is 0 Å². The molecule has 8 nitrogen and oxygen atoms in total. The zero-order valence-electron chi connectivity index (χ0n) is 16.1. The fourth-order valence-electron chi connectivity index (χ4n) is 1.43. The molecule has 0 bridgehead atoms. The number of carbonyl (C=O) groups is 4. The lowest BCUT2D eigenvalue weighted by Crippen LogP contribution is -2.24. The minimum atomic E-state index is -0.966. The molecule has 9 heteroatoms. The van der Waals surface area contributed by atoms with Crippen LogP contribution in [0.25, 0.3) is 0 Å². The van der Waals surface area contributed by atoms with Gasteiger partial charge >= 0.3 is 23.2 Å². The van der Waals surface area contributed by atoms with Crippen LogP contribution in [0, 0.1) is 11.8 Å².